The molecule has 0 radical (unpaired) electrons. The van der Waals surface area contributed by atoms with Crippen LogP contribution in [0.1, 0.15) is 16.7 Å². The number of nitrogens with one attached hydrogen (secondary N) is 1. The van der Waals surface area contributed by atoms with Gasteiger partial charge in [0, 0.05) is 30.5 Å². The number of hydrogen-bond donors (Lipinski definition) is 1. The average molecular weight is 391 g/mol. The third-order valence-electron chi connectivity index (χ3n) is 4.58. The van der Waals surface area contributed by atoms with Gasteiger partial charge in [0.1, 0.15) is 0 Å². The fourth-order valence-corrected chi connectivity index (χ4v) is 3.26. The van der Waals surface area contributed by atoms with Gasteiger partial charge in [-0.3, -0.25) is 9.78 Å². The highest BCUT2D eigenvalue weighted by Gasteiger charge is 2.16. The minimum atomic E-state index is 0.0534. The standard InChI is InChI=1S/C22H19ClN4O/c23-19-6-3-16(4-7-19)13-27(14-18-2-1-9-24-12-18)22(28)11-17-5-8-20-21(10-17)26-15-25-20/h1-10,12,15H,11,13-14H2,(H,25,26). The van der Waals surface area contributed by atoms with E-state index in [1.807, 2.05) is 59.5 Å². The van der Waals surface area contributed by atoms with Crippen LogP contribution in [0.3, 0.4) is 0 Å². The lowest BCUT2D eigenvalue weighted by Gasteiger charge is -2.23. The highest BCUT2D eigenvalue weighted by Crippen LogP contribution is 2.17. The smallest absolute Gasteiger partial charge is 0.227 e. The zero-order valence-corrected chi connectivity index (χ0v) is 15.9. The molecule has 0 saturated heterocycles. The maximum absolute atomic E-state index is 13.1. The molecule has 4 rings (SSSR count). The van der Waals surface area contributed by atoms with Crippen LogP contribution >= 0.6 is 11.6 Å². The number of nitrogens with zero attached hydrogens (tertiary/aromatic N) is 3. The molecule has 0 unspecified atom stereocenters. The van der Waals surface area contributed by atoms with Crippen LogP contribution in [0.2, 0.25) is 5.02 Å². The molecule has 0 saturated carbocycles. The van der Waals surface area contributed by atoms with E-state index in [9.17, 15) is 4.79 Å². The topological polar surface area (TPSA) is 61.9 Å². The van der Waals surface area contributed by atoms with Gasteiger partial charge >= 0.3 is 0 Å². The number of carbonyl (C=O) groups excluding carboxylic acids is 1. The lowest BCUT2D eigenvalue weighted by atomic mass is 10.1. The SMILES string of the molecule is O=C(Cc1ccc2nc[nH]c2c1)N(Cc1ccc(Cl)cc1)Cc1cccnc1. The summed E-state index contributed by atoms with van der Waals surface area (Å²) in [5.74, 6) is 0.0534. The third kappa shape index (κ3) is 4.38. The molecule has 2 heterocycles. The number of fused-ring (bicyclic) bond motifs is 1. The van der Waals surface area contributed by atoms with Crippen LogP contribution in [0, 0.1) is 0 Å². The Hall–Kier alpha value is -3.18. The Kier molecular flexibility index (Phi) is 5.35. The van der Waals surface area contributed by atoms with Crippen molar-refractivity contribution in [2.45, 2.75) is 19.5 Å². The number of imidazole rings is 1. The predicted octanol–water partition coefficient (Wildman–Crippen LogP) is 4.38. The summed E-state index contributed by atoms with van der Waals surface area (Å²) in [5, 5.41) is 0.682. The molecule has 140 valence electrons. The van der Waals surface area contributed by atoms with E-state index < -0.39 is 0 Å². The summed E-state index contributed by atoms with van der Waals surface area (Å²) in [4.78, 5) is 26.4. The second-order valence-corrected chi connectivity index (χ2v) is 7.10. The van der Waals surface area contributed by atoms with Crippen molar-refractivity contribution in [1.82, 2.24) is 19.9 Å². The first-order valence-corrected chi connectivity index (χ1v) is 9.38. The van der Waals surface area contributed by atoms with Crippen molar-refractivity contribution >= 4 is 28.5 Å². The third-order valence-corrected chi connectivity index (χ3v) is 4.83. The fraction of sp³-hybridized carbons (Fsp3) is 0.136. The highest BCUT2D eigenvalue weighted by molar-refractivity contribution is 6.30. The zero-order chi connectivity index (χ0) is 19.3. The lowest BCUT2D eigenvalue weighted by molar-refractivity contribution is -0.131. The van der Waals surface area contributed by atoms with Gasteiger partial charge in [0.05, 0.1) is 23.8 Å². The summed E-state index contributed by atoms with van der Waals surface area (Å²) < 4.78 is 0. The van der Waals surface area contributed by atoms with Crippen LogP contribution in [-0.2, 0) is 24.3 Å². The molecule has 28 heavy (non-hydrogen) atoms. The fourth-order valence-electron chi connectivity index (χ4n) is 3.13. The summed E-state index contributed by atoms with van der Waals surface area (Å²) in [6.45, 7) is 1.01. The van der Waals surface area contributed by atoms with Crippen LogP contribution in [0.15, 0.2) is 73.3 Å². The molecule has 1 N–H and O–H groups in total. The van der Waals surface area contributed by atoms with Crippen LogP contribution in [-0.4, -0.2) is 25.8 Å². The van der Waals surface area contributed by atoms with Crippen molar-refractivity contribution in [3.05, 3.63) is 95.0 Å². The van der Waals surface area contributed by atoms with Crippen molar-refractivity contribution in [2.24, 2.45) is 0 Å². The van der Waals surface area contributed by atoms with Crippen molar-refractivity contribution in [1.29, 1.82) is 0 Å². The van der Waals surface area contributed by atoms with Crippen LogP contribution in [0.4, 0.5) is 0 Å². The van der Waals surface area contributed by atoms with Gasteiger partial charge in [-0.05, 0) is 47.0 Å². The van der Waals surface area contributed by atoms with Crippen LogP contribution < -0.4 is 0 Å². The number of H-pyrrole nitrogens is 1. The molecule has 2 aromatic heterocycles. The maximum atomic E-state index is 13.1. The van der Waals surface area contributed by atoms with Gasteiger partial charge in [0.15, 0.2) is 0 Å². The largest absolute Gasteiger partial charge is 0.345 e. The predicted molar refractivity (Wildman–Crippen MR) is 110 cm³/mol. The second kappa shape index (κ2) is 8.23. The van der Waals surface area contributed by atoms with E-state index in [0.717, 1.165) is 27.7 Å². The number of pyridine rings is 1. The van der Waals surface area contributed by atoms with Crippen molar-refractivity contribution in [2.75, 3.05) is 0 Å². The van der Waals surface area contributed by atoms with E-state index in [1.165, 1.54) is 0 Å². The molecule has 1 amide bonds. The maximum Gasteiger partial charge on any atom is 0.227 e. The second-order valence-electron chi connectivity index (χ2n) is 6.67. The van der Waals surface area contributed by atoms with Gasteiger partial charge in [-0.15, -0.1) is 0 Å². The van der Waals surface area contributed by atoms with Gasteiger partial charge in [-0.1, -0.05) is 35.9 Å². The Morgan fingerprint density at radius 3 is 2.57 bits per heavy atom. The van der Waals surface area contributed by atoms with Gasteiger partial charge in [-0.25, -0.2) is 4.98 Å². The average Bonchev–Trinajstić information content (AvgIpc) is 3.18. The highest BCUT2D eigenvalue weighted by atomic mass is 35.5. The molecule has 0 aliphatic rings. The molecule has 6 heteroatoms. The number of rotatable bonds is 6. The molecule has 0 atom stereocenters. The number of amides is 1. The Morgan fingerprint density at radius 1 is 1.00 bits per heavy atom. The molecule has 5 nitrogen and oxygen atoms in total. The number of halogens is 1. The van der Waals surface area contributed by atoms with Crippen LogP contribution in [0.5, 0.6) is 0 Å². The molecule has 2 aromatic carbocycles. The first kappa shape index (κ1) is 18.2. The first-order chi connectivity index (χ1) is 13.7. The molecule has 4 aromatic rings. The Bertz CT molecular complexity index is 1080. The lowest BCUT2D eigenvalue weighted by Crippen LogP contribution is -2.31. The van der Waals surface area contributed by atoms with Crippen molar-refractivity contribution < 1.29 is 4.79 Å². The first-order valence-electron chi connectivity index (χ1n) is 9.00. The summed E-state index contributed by atoms with van der Waals surface area (Å²) in [7, 11) is 0. The Labute approximate surface area is 168 Å². The van der Waals surface area contributed by atoms with Crippen molar-refractivity contribution in [3.8, 4) is 0 Å². The molecule has 0 spiro atoms. The van der Waals surface area contributed by atoms with Gasteiger partial charge in [-0.2, -0.15) is 0 Å². The molecular weight excluding hydrogens is 372 g/mol. The van der Waals surface area contributed by atoms with Crippen molar-refractivity contribution in [3.63, 3.8) is 0 Å². The zero-order valence-electron chi connectivity index (χ0n) is 15.2. The van der Waals surface area contributed by atoms with E-state index in [4.69, 9.17) is 11.6 Å². The molecule has 0 aliphatic carbocycles. The number of hydrogen-bond acceptors (Lipinski definition) is 3. The monoisotopic (exact) mass is 390 g/mol. The van der Waals surface area contributed by atoms with E-state index in [2.05, 4.69) is 15.0 Å². The normalized spacial score (nSPS) is 10.9. The molecular formula is C22H19ClN4O. The van der Waals surface area contributed by atoms with Gasteiger partial charge in [0.25, 0.3) is 0 Å². The minimum absolute atomic E-state index is 0.0534. The van der Waals surface area contributed by atoms with E-state index in [-0.39, 0.29) is 5.91 Å². The number of aromatic nitrogens is 3. The molecule has 0 fully saturated rings. The number of aromatic amines is 1. The van der Waals surface area contributed by atoms with Gasteiger partial charge in [0.2, 0.25) is 5.91 Å². The molecule has 0 aliphatic heterocycles. The number of benzene rings is 2. The minimum Gasteiger partial charge on any atom is -0.345 e. The van der Waals surface area contributed by atoms with Crippen LogP contribution in [0.25, 0.3) is 11.0 Å². The van der Waals surface area contributed by atoms with E-state index in [0.29, 0.717) is 24.5 Å². The summed E-state index contributed by atoms with van der Waals surface area (Å²) in [6, 6.07) is 17.3. The number of carbonyl (C=O) groups is 1. The summed E-state index contributed by atoms with van der Waals surface area (Å²) >= 11 is 5.99. The molecule has 0 bridgehead atoms. The Balaban J connectivity index is 1.55. The van der Waals surface area contributed by atoms with E-state index in [1.54, 1.807) is 18.7 Å². The quantitative estimate of drug-likeness (QED) is 0.531. The summed E-state index contributed by atoms with van der Waals surface area (Å²) in [5.41, 5.74) is 4.81. The Morgan fingerprint density at radius 2 is 1.79 bits per heavy atom. The summed E-state index contributed by atoms with van der Waals surface area (Å²) in [6.07, 6.45) is 5.50. The van der Waals surface area contributed by atoms with Gasteiger partial charge < -0.3 is 9.88 Å². The van der Waals surface area contributed by atoms with E-state index >= 15 is 0 Å².